The Balaban J connectivity index is 1.18. The second kappa shape index (κ2) is 8.48. The van der Waals surface area contributed by atoms with Crippen molar-refractivity contribution in [1.29, 1.82) is 0 Å². The summed E-state index contributed by atoms with van der Waals surface area (Å²) in [5, 5.41) is 10.6. The van der Waals surface area contributed by atoms with Crippen LogP contribution in [0.15, 0.2) is 18.2 Å². The highest BCUT2D eigenvalue weighted by molar-refractivity contribution is 5.79. The summed E-state index contributed by atoms with van der Waals surface area (Å²) in [5.74, 6) is 1.19. The Morgan fingerprint density at radius 3 is 2.77 bits per heavy atom. The maximum Gasteiger partial charge on any atom is 0.226 e. The topological polar surface area (TPSA) is 62.2 Å². The van der Waals surface area contributed by atoms with E-state index in [1.54, 1.807) is 0 Å². The number of piperidine rings is 2. The number of aliphatic hydroxyl groups excluding tert-OH is 1. The lowest BCUT2D eigenvalue weighted by molar-refractivity contribution is -0.135. The molecule has 1 unspecified atom stereocenters. The molecule has 0 radical (unpaired) electrons. The summed E-state index contributed by atoms with van der Waals surface area (Å²) in [7, 11) is 0. The van der Waals surface area contributed by atoms with Crippen LogP contribution in [0, 0.1) is 5.41 Å². The smallest absolute Gasteiger partial charge is 0.226 e. The number of carbonyl (C=O) groups excluding carboxylic acids is 1. The molecule has 0 aliphatic carbocycles. The molecule has 3 fully saturated rings. The minimum absolute atomic E-state index is 0.150. The van der Waals surface area contributed by atoms with Gasteiger partial charge in [0.2, 0.25) is 5.91 Å². The highest BCUT2D eigenvalue weighted by atomic mass is 16.5. The van der Waals surface area contributed by atoms with Crippen LogP contribution in [-0.2, 0) is 22.4 Å². The first kappa shape index (κ1) is 20.3. The largest absolute Gasteiger partial charge is 0.493 e. The lowest BCUT2D eigenvalue weighted by Crippen LogP contribution is -2.57. The molecule has 1 aromatic carbocycles. The van der Waals surface area contributed by atoms with Gasteiger partial charge in [0.05, 0.1) is 19.1 Å². The molecule has 3 saturated heterocycles. The molecule has 30 heavy (non-hydrogen) atoms. The van der Waals surface area contributed by atoms with E-state index >= 15 is 0 Å². The van der Waals surface area contributed by atoms with Gasteiger partial charge in [0.15, 0.2) is 0 Å². The molecule has 4 heterocycles. The van der Waals surface area contributed by atoms with Crippen molar-refractivity contribution in [2.75, 3.05) is 46.0 Å². The lowest BCUT2D eigenvalue weighted by Gasteiger charge is -2.51. The van der Waals surface area contributed by atoms with Crippen molar-refractivity contribution in [2.45, 2.75) is 57.1 Å². The number of amides is 1. The first-order valence-electron chi connectivity index (χ1n) is 11.6. The molecule has 0 saturated carbocycles. The van der Waals surface area contributed by atoms with Gasteiger partial charge in [-0.25, -0.2) is 0 Å². The molecule has 4 aliphatic rings. The third-order valence-electron chi connectivity index (χ3n) is 7.65. The van der Waals surface area contributed by atoms with Crippen molar-refractivity contribution in [3.8, 4) is 5.75 Å². The predicted octanol–water partition coefficient (Wildman–Crippen LogP) is 2.02. The molecule has 5 rings (SSSR count). The van der Waals surface area contributed by atoms with Crippen LogP contribution in [0.1, 0.15) is 43.2 Å². The van der Waals surface area contributed by atoms with Crippen LogP contribution in [0.2, 0.25) is 0 Å². The van der Waals surface area contributed by atoms with E-state index in [2.05, 4.69) is 11.0 Å². The summed E-state index contributed by atoms with van der Waals surface area (Å²) < 4.78 is 11.1. The quantitative estimate of drug-likeness (QED) is 0.820. The third-order valence-corrected chi connectivity index (χ3v) is 7.65. The number of hydrogen-bond donors (Lipinski definition) is 1. The molecule has 164 valence electrons. The normalized spacial score (nSPS) is 27.1. The first-order chi connectivity index (χ1) is 14.6. The van der Waals surface area contributed by atoms with Gasteiger partial charge < -0.3 is 19.5 Å². The molecule has 4 aliphatic heterocycles. The fourth-order valence-electron chi connectivity index (χ4n) is 5.95. The lowest BCUT2D eigenvalue weighted by atomic mass is 9.71. The van der Waals surface area contributed by atoms with Crippen LogP contribution in [0.4, 0.5) is 0 Å². The monoisotopic (exact) mass is 414 g/mol. The number of fused-ring (bicyclic) bond motifs is 1. The number of rotatable bonds is 3. The maximum atomic E-state index is 12.9. The molecule has 0 bridgehead atoms. The Bertz CT molecular complexity index is 768. The number of aliphatic hydroxyl groups is 1. The third kappa shape index (κ3) is 4.23. The zero-order valence-electron chi connectivity index (χ0n) is 17.9. The van der Waals surface area contributed by atoms with Gasteiger partial charge in [0, 0.05) is 51.9 Å². The summed E-state index contributed by atoms with van der Waals surface area (Å²) in [6.07, 6.45) is 6.16. The highest BCUT2D eigenvalue weighted by Crippen LogP contribution is 2.41. The standard InChI is InChI=1S/C24H34N2O4/c27-21-15-24(17-26(16-21)20-4-10-29-11-5-20)6-8-25(9-7-24)23(28)14-18-1-2-22-19(13-18)3-12-30-22/h1-2,13,20-21,27H,3-12,14-17H2. The average Bonchev–Trinajstić information content (AvgIpc) is 3.22. The number of nitrogens with zero attached hydrogens (tertiary/aromatic N) is 2. The second-order valence-corrected chi connectivity index (χ2v) is 9.73. The molecule has 1 N–H and O–H groups in total. The SMILES string of the molecule is O=C(Cc1ccc2c(c1)CCO2)N1CCC2(CC1)CC(O)CN(C1CCOCC1)C2. The molecular weight excluding hydrogens is 380 g/mol. The van der Waals surface area contributed by atoms with E-state index in [9.17, 15) is 9.90 Å². The molecule has 1 atom stereocenters. The molecule has 0 aromatic heterocycles. The van der Waals surface area contributed by atoms with Crippen LogP contribution < -0.4 is 4.74 Å². The van der Waals surface area contributed by atoms with Crippen molar-refractivity contribution in [3.63, 3.8) is 0 Å². The van der Waals surface area contributed by atoms with Crippen molar-refractivity contribution in [1.82, 2.24) is 9.80 Å². The molecule has 1 spiro atoms. The minimum atomic E-state index is -0.252. The van der Waals surface area contributed by atoms with Gasteiger partial charge in [-0.3, -0.25) is 9.69 Å². The van der Waals surface area contributed by atoms with Gasteiger partial charge in [-0.2, -0.15) is 0 Å². The van der Waals surface area contributed by atoms with Crippen molar-refractivity contribution >= 4 is 5.91 Å². The molecule has 1 amide bonds. The number of hydrogen-bond acceptors (Lipinski definition) is 5. The molecule has 1 aromatic rings. The number of likely N-dealkylation sites (tertiary alicyclic amines) is 2. The Kier molecular flexibility index (Phi) is 5.73. The van der Waals surface area contributed by atoms with Gasteiger partial charge in [0.25, 0.3) is 0 Å². The van der Waals surface area contributed by atoms with Gasteiger partial charge in [-0.15, -0.1) is 0 Å². The average molecular weight is 415 g/mol. The van der Waals surface area contributed by atoms with Crippen molar-refractivity contribution in [2.24, 2.45) is 5.41 Å². The predicted molar refractivity (Wildman–Crippen MR) is 114 cm³/mol. The van der Waals surface area contributed by atoms with Crippen molar-refractivity contribution < 1.29 is 19.4 Å². The summed E-state index contributed by atoms with van der Waals surface area (Å²) in [6.45, 7) is 5.88. The van der Waals surface area contributed by atoms with Crippen LogP contribution in [0.25, 0.3) is 0 Å². The van der Waals surface area contributed by atoms with E-state index in [0.29, 0.717) is 12.5 Å². The van der Waals surface area contributed by atoms with Crippen LogP contribution in [-0.4, -0.2) is 79.0 Å². The second-order valence-electron chi connectivity index (χ2n) is 9.73. The highest BCUT2D eigenvalue weighted by Gasteiger charge is 2.43. The Morgan fingerprint density at radius 2 is 1.97 bits per heavy atom. The van der Waals surface area contributed by atoms with Gasteiger partial charge in [0.1, 0.15) is 5.75 Å². The first-order valence-corrected chi connectivity index (χ1v) is 11.6. The van der Waals surface area contributed by atoms with E-state index in [1.807, 2.05) is 17.0 Å². The van der Waals surface area contributed by atoms with Gasteiger partial charge in [-0.1, -0.05) is 12.1 Å². The molecular formula is C24H34N2O4. The zero-order valence-corrected chi connectivity index (χ0v) is 17.9. The fourth-order valence-corrected chi connectivity index (χ4v) is 5.95. The van der Waals surface area contributed by atoms with E-state index in [0.717, 1.165) is 95.8 Å². The summed E-state index contributed by atoms with van der Waals surface area (Å²) in [4.78, 5) is 17.5. The van der Waals surface area contributed by atoms with Crippen LogP contribution >= 0.6 is 0 Å². The van der Waals surface area contributed by atoms with E-state index in [1.165, 1.54) is 5.56 Å². The summed E-state index contributed by atoms with van der Waals surface area (Å²) in [5.41, 5.74) is 2.46. The van der Waals surface area contributed by atoms with Crippen molar-refractivity contribution in [3.05, 3.63) is 29.3 Å². The number of β-amino-alcohol motifs (C(OH)–C–C–N with tert-alkyl or cyclic N) is 1. The van der Waals surface area contributed by atoms with Gasteiger partial charge >= 0.3 is 0 Å². The number of benzene rings is 1. The fraction of sp³-hybridized carbons (Fsp3) is 0.708. The molecule has 6 heteroatoms. The number of ether oxygens (including phenoxy) is 2. The van der Waals surface area contributed by atoms with E-state index in [4.69, 9.17) is 9.47 Å². The zero-order chi connectivity index (χ0) is 20.6. The van der Waals surface area contributed by atoms with Crippen LogP contribution in [0.3, 0.4) is 0 Å². The van der Waals surface area contributed by atoms with E-state index < -0.39 is 0 Å². The molecule has 6 nitrogen and oxygen atoms in total. The number of carbonyl (C=O) groups is 1. The van der Waals surface area contributed by atoms with Gasteiger partial charge in [-0.05, 0) is 54.7 Å². The summed E-state index contributed by atoms with van der Waals surface area (Å²) in [6, 6.07) is 6.70. The van der Waals surface area contributed by atoms with Crippen LogP contribution in [0.5, 0.6) is 5.75 Å². The minimum Gasteiger partial charge on any atom is -0.493 e. The Morgan fingerprint density at radius 1 is 1.17 bits per heavy atom. The Hall–Kier alpha value is -1.63. The maximum absolute atomic E-state index is 12.9. The van der Waals surface area contributed by atoms with E-state index in [-0.39, 0.29) is 17.4 Å². The summed E-state index contributed by atoms with van der Waals surface area (Å²) >= 11 is 0. The Labute approximate surface area is 179 Å².